The van der Waals surface area contributed by atoms with Crippen LogP contribution < -0.4 is 0 Å². The molecule has 0 bridgehead atoms. The summed E-state index contributed by atoms with van der Waals surface area (Å²) in [6, 6.07) is 25.7. The summed E-state index contributed by atoms with van der Waals surface area (Å²) in [4.78, 5) is 0. The molecule has 0 saturated heterocycles. The highest BCUT2D eigenvalue weighted by atomic mass is 16.3. The van der Waals surface area contributed by atoms with Gasteiger partial charge in [0.1, 0.15) is 34.5 Å². The van der Waals surface area contributed by atoms with Gasteiger partial charge in [0.2, 0.25) is 0 Å². The van der Waals surface area contributed by atoms with Crippen LogP contribution in [0.25, 0.3) is 0 Å². The largest absolute Gasteiger partial charge is 0.508 e. The normalized spacial score (nSPS) is 17.5. The van der Waals surface area contributed by atoms with Crippen molar-refractivity contribution < 1.29 is 30.6 Å². The summed E-state index contributed by atoms with van der Waals surface area (Å²) < 4.78 is 0. The lowest BCUT2D eigenvalue weighted by molar-refractivity contribution is 0.412. The zero-order valence-electron chi connectivity index (χ0n) is 49.1. The number of benzene rings is 6. The molecule has 0 aliphatic heterocycles. The fourth-order valence-electron chi connectivity index (χ4n) is 15.4. The molecule has 6 aromatic carbocycles. The second kappa shape index (κ2) is 24.1. The van der Waals surface area contributed by atoms with Crippen LogP contribution in [0.15, 0.2) is 72.8 Å². The monoisotopic (exact) mass is 1060 g/mol. The van der Waals surface area contributed by atoms with Crippen molar-refractivity contribution in [3.63, 3.8) is 0 Å². The molecule has 0 spiro atoms. The molecule has 0 aromatic heterocycles. The Morgan fingerprint density at radius 1 is 0.304 bits per heavy atom. The number of hydrogen-bond acceptors (Lipinski definition) is 6. The lowest BCUT2D eigenvalue weighted by atomic mass is 9.74. The second-order valence-corrected chi connectivity index (χ2v) is 26.0. The highest BCUT2D eigenvalue weighted by Gasteiger charge is 2.34. The first kappa shape index (κ1) is 56.4. The van der Waals surface area contributed by atoms with Crippen LogP contribution in [0.1, 0.15) is 304 Å². The number of phenols is 6. The third-order valence-corrected chi connectivity index (χ3v) is 19.8. The Labute approximate surface area is 473 Å². The average molecular weight is 1070 g/mol. The fourth-order valence-corrected chi connectivity index (χ4v) is 15.4. The van der Waals surface area contributed by atoms with E-state index in [2.05, 4.69) is 104 Å². The van der Waals surface area contributed by atoms with Crippen LogP contribution >= 0.6 is 0 Å². The van der Waals surface area contributed by atoms with E-state index in [1.165, 1.54) is 25.7 Å². The van der Waals surface area contributed by atoms with E-state index >= 15 is 0 Å². The molecule has 0 atom stereocenters. The maximum atomic E-state index is 12.9. The first-order chi connectivity index (χ1) is 38.0. The van der Waals surface area contributed by atoms with Gasteiger partial charge in [-0.1, -0.05) is 153 Å². The second-order valence-electron chi connectivity index (χ2n) is 26.0. The maximum absolute atomic E-state index is 12.9. The summed E-state index contributed by atoms with van der Waals surface area (Å²) in [6.45, 7) is 17.0. The van der Waals surface area contributed by atoms with Crippen molar-refractivity contribution >= 4 is 0 Å². The van der Waals surface area contributed by atoms with Crippen LogP contribution in [0.5, 0.6) is 34.5 Å². The Hall–Kier alpha value is -5.88. The predicted molar refractivity (Wildman–Crippen MR) is 324 cm³/mol. The zero-order chi connectivity index (χ0) is 55.8. The number of hydrogen-bond donors (Lipinski definition) is 6. The maximum Gasteiger partial charge on any atom is 0.123 e. The summed E-state index contributed by atoms with van der Waals surface area (Å²) in [7, 11) is 0. The smallest absolute Gasteiger partial charge is 0.123 e. The quantitative estimate of drug-likeness (QED) is 0.0605. The van der Waals surface area contributed by atoms with Crippen molar-refractivity contribution in [3.05, 3.63) is 173 Å². The number of phenolic OH excluding ortho intramolecular Hbond substituents is 6. The van der Waals surface area contributed by atoms with Crippen molar-refractivity contribution in [1.29, 1.82) is 0 Å². The molecule has 0 unspecified atom stereocenters. The molecule has 420 valence electrons. The molecule has 0 amide bonds. The molecule has 6 N–H and O–H groups in total. The van der Waals surface area contributed by atoms with E-state index in [9.17, 15) is 30.6 Å². The highest BCUT2D eigenvalue weighted by molar-refractivity contribution is 5.63. The van der Waals surface area contributed by atoms with Gasteiger partial charge in [-0.15, -0.1) is 0 Å². The van der Waals surface area contributed by atoms with Crippen molar-refractivity contribution in [2.75, 3.05) is 0 Å². The Kier molecular flexibility index (Phi) is 17.2. The Morgan fingerprint density at radius 2 is 0.532 bits per heavy atom. The molecule has 4 fully saturated rings. The van der Waals surface area contributed by atoms with Crippen molar-refractivity contribution in [2.24, 2.45) is 0 Å². The summed E-state index contributed by atoms with van der Waals surface area (Å²) in [5.74, 6) is 2.18. The van der Waals surface area contributed by atoms with Gasteiger partial charge in [0.05, 0.1) is 0 Å². The third kappa shape index (κ3) is 11.7. The Balaban J connectivity index is 1.18. The van der Waals surface area contributed by atoms with Gasteiger partial charge in [-0.05, 0) is 234 Å². The number of aromatic hydroxyl groups is 6. The minimum Gasteiger partial charge on any atom is -0.508 e. The zero-order valence-corrected chi connectivity index (χ0v) is 49.1. The van der Waals surface area contributed by atoms with E-state index in [0.717, 1.165) is 203 Å². The van der Waals surface area contributed by atoms with Gasteiger partial charge < -0.3 is 30.6 Å². The van der Waals surface area contributed by atoms with Gasteiger partial charge in [0, 0.05) is 23.0 Å². The summed E-state index contributed by atoms with van der Waals surface area (Å²) in [5, 5.41) is 72.9. The highest BCUT2D eigenvalue weighted by Crippen LogP contribution is 2.52. The number of aryl methyl sites for hydroxylation is 4. The van der Waals surface area contributed by atoms with E-state index in [1.807, 2.05) is 24.3 Å². The fraction of sp³-hybridized carbons (Fsp3) is 0.507. The van der Waals surface area contributed by atoms with Crippen LogP contribution in [0, 0.1) is 27.7 Å². The van der Waals surface area contributed by atoms with Gasteiger partial charge >= 0.3 is 0 Å². The third-order valence-electron chi connectivity index (χ3n) is 19.8. The summed E-state index contributed by atoms with van der Waals surface area (Å²) >= 11 is 0. The molecule has 10 rings (SSSR count). The Morgan fingerprint density at radius 3 is 0.759 bits per heavy atom. The molecule has 6 nitrogen and oxygen atoms in total. The SMILES string of the molecule is Cc1cc(O)c(C2CCCCC2)cc1C(c1cc(C2CCCCC2)c(O)cc1C)c1cc(Cc2cc(C(C)C)c(O)c(C(c3cc(C4CCCCC4)c(O)cc3C)c3cc(C4CCCCC4)c(O)cc3C)c2)cc(C(C)C)c1O. The predicted octanol–water partition coefficient (Wildman–Crippen LogP) is 19.5. The number of rotatable bonds is 14. The van der Waals surface area contributed by atoms with E-state index < -0.39 is 11.8 Å². The summed E-state index contributed by atoms with van der Waals surface area (Å²) in [6.07, 6.45) is 22.9. The van der Waals surface area contributed by atoms with E-state index in [-0.39, 0.29) is 47.0 Å². The molecule has 0 heterocycles. The summed E-state index contributed by atoms with van der Waals surface area (Å²) in [5.41, 5.74) is 17.6. The average Bonchev–Trinajstić information content (AvgIpc) is 3.55. The van der Waals surface area contributed by atoms with Crippen molar-refractivity contribution in [2.45, 2.75) is 238 Å². The lowest BCUT2D eigenvalue weighted by Crippen LogP contribution is -2.14. The van der Waals surface area contributed by atoms with Crippen LogP contribution in [-0.4, -0.2) is 30.6 Å². The first-order valence-electron chi connectivity index (χ1n) is 31.0. The van der Waals surface area contributed by atoms with Gasteiger partial charge in [-0.2, -0.15) is 0 Å². The van der Waals surface area contributed by atoms with Gasteiger partial charge in [-0.3, -0.25) is 0 Å². The molecule has 4 aliphatic rings. The topological polar surface area (TPSA) is 121 Å². The van der Waals surface area contributed by atoms with Crippen LogP contribution in [0.3, 0.4) is 0 Å². The van der Waals surface area contributed by atoms with Gasteiger partial charge in [-0.25, -0.2) is 0 Å². The van der Waals surface area contributed by atoms with Crippen LogP contribution in [0.4, 0.5) is 0 Å². The van der Waals surface area contributed by atoms with Gasteiger partial charge in [0.25, 0.3) is 0 Å². The molecule has 4 saturated carbocycles. The minimum absolute atomic E-state index is 0.00516. The minimum atomic E-state index is -0.402. The molecule has 6 heteroatoms. The molecular formula is C73H92O6. The van der Waals surface area contributed by atoms with E-state index in [4.69, 9.17) is 0 Å². The molecule has 4 aliphatic carbocycles. The molecule has 79 heavy (non-hydrogen) atoms. The van der Waals surface area contributed by atoms with Gasteiger partial charge in [0.15, 0.2) is 0 Å². The van der Waals surface area contributed by atoms with E-state index in [0.29, 0.717) is 29.4 Å². The van der Waals surface area contributed by atoms with Crippen LogP contribution in [-0.2, 0) is 6.42 Å². The van der Waals surface area contributed by atoms with Crippen LogP contribution in [0.2, 0.25) is 0 Å². The van der Waals surface area contributed by atoms with Crippen molar-refractivity contribution in [1.82, 2.24) is 0 Å². The van der Waals surface area contributed by atoms with Crippen molar-refractivity contribution in [3.8, 4) is 34.5 Å². The first-order valence-corrected chi connectivity index (χ1v) is 31.0. The lowest BCUT2D eigenvalue weighted by Gasteiger charge is -2.31. The molecule has 6 aromatic rings. The molecule has 0 radical (unpaired) electrons. The standard InChI is InChI=1S/C73H92O6/c1-42(2)54-34-48(36-64(72(54)78)70(56-38-60(66(74)29-44(56)5)50-21-13-9-14-22-50)57-39-61(67(75)30-45(57)6)51-23-15-10-16-24-51)33-49-35-55(43(3)4)73(79)65(37-49)71(58-40-62(68(76)31-46(58)7)52-25-17-11-18-26-52)59-41-63(69(77)32-47(59)8)53-27-19-12-20-28-53/h29-32,34-43,50-53,70-71,74-79H,9-28,33H2,1-8H3. The Bertz CT molecular complexity index is 2790. The molecular weight excluding hydrogens is 973 g/mol. The van der Waals surface area contributed by atoms with E-state index in [1.54, 1.807) is 0 Å².